The van der Waals surface area contributed by atoms with Gasteiger partial charge in [-0.15, -0.1) is 0 Å². The monoisotopic (exact) mass is 312 g/mol. The highest BCUT2D eigenvalue weighted by molar-refractivity contribution is 5.74. The minimum Gasteiger partial charge on any atom is -0.392 e. The summed E-state index contributed by atoms with van der Waals surface area (Å²) in [5.74, 6) is 0. The lowest BCUT2D eigenvalue weighted by Crippen LogP contribution is -2.36. The fourth-order valence-corrected chi connectivity index (χ4v) is 2.43. The van der Waals surface area contributed by atoms with Gasteiger partial charge >= 0.3 is 6.03 Å². The highest BCUT2D eigenvalue weighted by Gasteiger charge is 2.09. The Morgan fingerprint density at radius 2 is 1.74 bits per heavy atom. The number of nitrogens with one attached hydrogen (secondary N) is 2. The van der Waals surface area contributed by atoms with Crippen LogP contribution in [0.3, 0.4) is 0 Å². The number of carbonyl (C=O) groups is 1. The van der Waals surface area contributed by atoms with Gasteiger partial charge in [0, 0.05) is 6.54 Å². The van der Waals surface area contributed by atoms with E-state index in [1.807, 2.05) is 43.3 Å². The van der Waals surface area contributed by atoms with Gasteiger partial charge in [-0.25, -0.2) is 4.79 Å². The average molecular weight is 312 g/mol. The zero-order chi connectivity index (χ0) is 16.7. The van der Waals surface area contributed by atoms with E-state index in [1.54, 1.807) is 0 Å². The van der Waals surface area contributed by atoms with Gasteiger partial charge < -0.3 is 15.7 Å². The quantitative estimate of drug-likeness (QED) is 0.766. The van der Waals surface area contributed by atoms with Gasteiger partial charge in [0.1, 0.15) is 0 Å². The molecule has 1 atom stereocenters. The van der Waals surface area contributed by atoms with Gasteiger partial charge in [0.05, 0.1) is 12.6 Å². The second-order valence-electron chi connectivity index (χ2n) is 5.57. The third kappa shape index (κ3) is 4.83. The zero-order valence-corrected chi connectivity index (χ0v) is 13.7. The Balaban J connectivity index is 1.88. The minimum absolute atomic E-state index is 0.0281. The van der Waals surface area contributed by atoms with E-state index < -0.39 is 0 Å². The molecule has 4 nitrogen and oxygen atoms in total. The molecule has 0 bridgehead atoms. The molecule has 2 aromatic rings. The van der Waals surface area contributed by atoms with Crippen LogP contribution in [0.4, 0.5) is 4.79 Å². The fraction of sp³-hybridized carbons (Fsp3) is 0.316. The number of aliphatic hydroxyl groups excluding tert-OH is 1. The van der Waals surface area contributed by atoms with Crippen molar-refractivity contribution in [2.75, 3.05) is 0 Å². The Morgan fingerprint density at radius 3 is 2.35 bits per heavy atom. The molecule has 0 aliphatic heterocycles. The molecule has 122 valence electrons. The van der Waals surface area contributed by atoms with E-state index >= 15 is 0 Å². The maximum atomic E-state index is 12.0. The van der Waals surface area contributed by atoms with E-state index in [9.17, 15) is 9.90 Å². The molecule has 0 radical (unpaired) electrons. The summed E-state index contributed by atoms with van der Waals surface area (Å²) in [6.07, 6.45) is 1.01. The van der Waals surface area contributed by atoms with Gasteiger partial charge in [-0.05, 0) is 35.6 Å². The molecule has 1 unspecified atom stereocenters. The first-order chi connectivity index (χ1) is 11.1. The van der Waals surface area contributed by atoms with Crippen LogP contribution >= 0.6 is 0 Å². The molecular weight excluding hydrogens is 288 g/mol. The number of carbonyl (C=O) groups excluding carboxylic acids is 1. The van der Waals surface area contributed by atoms with Gasteiger partial charge in [-0.3, -0.25) is 0 Å². The number of hydrogen-bond acceptors (Lipinski definition) is 2. The van der Waals surface area contributed by atoms with Crippen LogP contribution in [-0.2, 0) is 19.6 Å². The molecule has 3 N–H and O–H groups in total. The Labute approximate surface area is 137 Å². The third-order valence-corrected chi connectivity index (χ3v) is 3.96. The molecule has 0 saturated heterocycles. The predicted molar refractivity (Wildman–Crippen MR) is 92.0 cm³/mol. The van der Waals surface area contributed by atoms with Crippen molar-refractivity contribution in [3.63, 3.8) is 0 Å². The molecule has 0 aliphatic carbocycles. The molecule has 0 aliphatic rings. The van der Waals surface area contributed by atoms with E-state index in [2.05, 4.69) is 29.7 Å². The van der Waals surface area contributed by atoms with Crippen molar-refractivity contribution in [1.82, 2.24) is 10.6 Å². The van der Waals surface area contributed by atoms with Crippen LogP contribution in [-0.4, -0.2) is 11.1 Å². The molecule has 0 spiro atoms. The molecule has 23 heavy (non-hydrogen) atoms. The average Bonchev–Trinajstić information content (AvgIpc) is 2.60. The molecule has 4 heteroatoms. The summed E-state index contributed by atoms with van der Waals surface area (Å²) < 4.78 is 0. The third-order valence-electron chi connectivity index (χ3n) is 3.96. The van der Waals surface area contributed by atoms with E-state index in [0.717, 1.165) is 23.1 Å². The molecule has 0 fully saturated rings. The van der Waals surface area contributed by atoms with Crippen LogP contribution in [0.15, 0.2) is 48.5 Å². The summed E-state index contributed by atoms with van der Waals surface area (Å²) in [6, 6.07) is 15.5. The lowest BCUT2D eigenvalue weighted by Gasteiger charge is -2.16. The Bertz CT molecular complexity index is 638. The predicted octanol–water partition coefficient (Wildman–Crippen LogP) is 3.30. The molecule has 0 aromatic heterocycles. The number of amides is 2. The maximum absolute atomic E-state index is 12.0. The van der Waals surface area contributed by atoms with Crippen molar-refractivity contribution in [3.05, 3.63) is 70.8 Å². The lowest BCUT2D eigenvalue weighted by atomic mass is 10.1. The molecule has 0 heterocycles. The van der Waals surface area contributed by atoms with Gasteiger partial charge in [0.15, 0.2) is 0 Å². The van der Waals surface area contributed by atoms with Crippen LogP contribution in [0.25, 0.3) is 0 Å². The molecule has 2 amide bonds. The number of hydrogen-bond donors (Lipinski definition) is 3. The molecule has 0 saturated carbocycles. The van der Waals surface area contributed by atoms with Crippen LogP contribution < -0.4 is 10.6 Å². The summed E-state index contributed by atoms with van der Waals surface area (Å²) in [4.78, 5) is 12.0. The maximum Gasteiger partial charge on any atom is 0.315 e. The van der Waals surface area contributed by atoms with E-state index in [4.69, 9.17) is 0 Å². The number of urea groups is 1. The van der Waals surface area contributed by atoms with E-state index in [0.29, 0.717) is 6.54 Å². The normalized spacial score (nSPS) is 11.8. The summed E-state index contributed by atoms with van der Waals surface area (Å²) in [6.45, 7) is 4.44. The smallest absolute Gasteiger partial charge is 0.315 e. The zero-order valence-electron chi connectivity index (χ0n) is 13.7. The van der Waals surface area contributed by atoms with E-state index in [-0.39, 0.29) is 18.7 Å². The molecular formula is C19H24N2O2. The van der Waals surface area contributed by atoms with Gasteiger partial charge in [-0.2, -0.15) is 0 Å². The van der Waals surface area contributed by atoms with Crippen molar-refractivity contribution in [3.8, 4) is 0 Å². The van der Waals surface area contributed by atoms with Gasteiger partial charge in [0.25, 0.3) is 0 Å². The van der Waals surface area contributed by atoms with Crippen molar-refractivity contribution in [1.29, 1.82) is 0 Å². The minimum atomic E-state index is -0.218. The fourth-order valence-electron chi connectivity index (χ4n) is 2.43. The lowest BCUT2D eigenvalue weighted by molar-refractivity contribution is 0.237. The highest BCUT2D eigenvalue weighted by Crippen LogP contribution is 2.14. The summed E-state index contributed by atoms with van der Waals surface area (Å²) in [5, 5.41) is 15.1. The first-order valence-electron chi connectivity index (χ1n) is 7.95. The van der Waals surface area contributed by atoms with Gasteiger partial charge in [-0.1, -0.05) is 55.5 Å². The van der Waals surface area contributed by atoms with Crippen molar-refractivity contribution in [2.45, 2.75) is 39.5 Å². The first kappa shape index (κ1) is 17.0. The molecule has 2 rings (SSSR count). The summed E-state index contributed by atoms with van der Waals surface area (Å²) in [5.41, 5.74) is 4.11. The summed E-state index contributed by atoms with van der Waals surface area (Å²) in [7, 11) is 0. The SMILES string of the molecule is CCc1ccc(C(C)NC(=O)NCc2ccccc2CO)cc1. The Kier molecular flexibility index (Phi) is 6.18. The number of aryl methyl sites for hydroxylation is 1. The van der Waals surface area contributed by atoms with E-state index in [1.165, 1.54) is 5.56 Å². The van der Waals surface area contributed by atoms with Crippen molar-refractivity contribution in [2.24, 2.45) is 0 Å². The second kappa shape index (κ2) is 8.34. The van der Waals surface area contributed by atoms with Crippen molar-refractivity contribution < 1.29 is 9.90 Å². The summed E-state index contributed by atoms with van der Waals surface area (Å²) >= 11 is 0. The standard InChI is InChI=1S/C19H24N2O2/c1-3-15-8-10-16(11-9-15)14(2)21-19(23)20-12-17-6-4-5-7-18(17)13-22/h4-11,14,22H,3,12-13H2,1-2H3,(H2,20,21,23). The highest BCUT2D eigenvalue weighted by atomic mass is 16.3. The van der Waals surface area contributed by atoms with Crippen LogP contribution in [0.5, 0.6) is 0 Å². The van der Waals surface area contributed by atoms with Crippen LogP contribution in [0, 0.1) is 0 Å². The topological polar surface area (TPSA) is 61.4 Å². The van der Waals surface area contributed by atoms with Crippen LogP contribution in [0.2, 0.25) is 0 Å². The Morgan fingerprint density at radius 1 is 1.09 bits per heavy atom. The number of rotatable bonds is 6. The number of aliphatic hydroxyl groups is 1. The molecule has 2 aromatic carbocycles. The first-order valence-corrected chi connectivity index (χ1v) is 7.95. The second-order valence-corrected chi connectivity index (χ2v) is 5.57. The van der Waals surface area contributed by atoms with Gasteiger partial charge in [0.2, 0.25) is 0 Å². The van der Waals surface area contributed by atoms with Crippen LogP contribution in [0.1, 0.15) is 42.1 Å². The number of benzene rings is 2. The Hall–Kier alpha value is -2.33. The largest absolute Gasteiger partial charge is 0.392 e. The van der Waals surface area contributed by atoms with Crippen molar-refractivity contribution >= 4 is 6.03 Å².